The molecule has 1 aliphatic carbocycles. The highest BCUT2D eigenvalue weighted by molar-refractivity contribution is 5.04. The van der Waals surface area contributed by atoms with Crippen LogP contribution in [0.15, 0.2) is 10.6 Å². The number of rotatable bonds is 6. The lowest BCUT2D eigenvalue weighted by Gasteiger charge is -2.39. The number of nitrogens with zero attached hydrogens (tertiary/aromatic N) is 1. The zero-order chi connectivity index (χ0) is 13.9. The fraction of sp³-hybridized carbons (Fsp3) is 0.800. The lowest BCUT2D eigenvalue weighted by atomic mass is 9.77. The molecule has 1 N–H and O–H groups in total. The largest absolute Gasteiger partial charge is 0.446 e. The summed E-state index contributed by atoms with van der Waals surface area (Å²) < 4.78 is 11.4. The molecule has 0 aliphatic heterocycles. The van der Waals surface area contributed by atoms with Crippen LogP contribution in [0, 0.1) is 0 Å². The molecule has 0 unspecified atom stereocenters. The highest BCUT2D eigenvalue weighted by atomic mass is 16.5. The van der Waals surface area contributed by atoms with Gasteiger partial charge in [0.15, 0.2) is 5.89 Å². The average Bonchev–Trinajstić information content (AvgIpc) is 2.69. The van der Waals surface area contributed by atoms with Crippen molar-refractivity contribution in [3.05, 3.63) is 17.8 Å². The Morgan fingerprint density at radius 3 is 2.68 bits per heavy atom. The Labute approximate surface area is 115 Å². The van der Waals surface area contributed by atoms with E-state index in [1.54, 1.807) is 7.11 Å². The number of hydrogen-bond donors (Lipinski definition) is 1. The summed E-state index contributed by atoms with van der Waals surface area (Å²) >= 11 is 0. The van der Waals surface area contributed by atoms with Crippen LogP contribution in [-0.4, -0.2) is 29.8 Å². The van der Waals surface area contributed by atoms with Gasteiger partial charge < -0.3 is 14.5 Å². The Balaban J connectivity index is 1.82. The molecule has 0 bridgehead atoms. The van der Waals surface area contributed by atoms with Crippen molar-refractivity contribution < 1.29 is 9.15 Å². The fourth-order valence-electron chi connectivity index (χ4n) is 2.43. The van der Waals surface area contributed by atoms with Crippen molar-refractivity contribution in [3.8, 4) is 0 Å². The van der Waals surface area contributed by atoms with E-state index in [1.807, 2.05) is 6.20 Å². The SMILES string of the molecule is COC1(Cc2cnc(CCNC(C)(C)C)o2)CCC1. The van der Waals surface area contributed by atoms with Crippen LogP contribution < -0.4 is 5.32 Å². The van der Waals surface area contributed by atoms with Crippen molar-refractivity contribution in [3.63, 3.8) is 0 Å². The molecule has 2 rings (SSSR count). The average molecular weight is 266 g/mol. The zero-order valence-corrected chi connectivity index (χ0v) is 12.6. The second-order valence-electron chi connectivity index (χ2n) is 6.56. The molecular weight excluding hydrogens is 240 g/mol. The van der Waals surface area contributed by atoms with Crippen LogP contribution in [0.5, 0.6) is 0 Å². The second-order valence-corrected chi connectivity index (χ2v) is 6.56. The number of hydrogen-bond acceptors (Lipinski definition) is 4. The van der Waals surface area contributed by atoms with Gasteiger partial charge in [-0.05, 0) is 40.0 Å². The first-order chi connectivity index (χ1) is 8.92. The minimum absolute atomic E-state index is 0.0143. The van der Waals surface area contributed by atoms with E-state index < -0.39 is 0 Å². The Bertz CT molecular complexity index is 397. The Kier molecular flexibility index (Phi) is 4.31. The van der Waals surface area contributed by atoms with Gasteiger partial charge in [0.25, 0.3) is 0 Å². The van der Waals surface area contributed by atoms with Gasteiger partial charge in [0.05, 0.1) is 11.8 Å². The summed E-state index contributed by atoms with van der Waals surface area (Å²) in [5.74, 6) is 1.77. The Hall–Kier alpha value is -0.870. The van der Waals surface area contributed by atoms with Gasteiger partial charge in [-0.1, -0.05) is 0 Å². The van der Waals surface area contributed by atoms with Gasteiger partial charge in [-0.2, -0.15) is 0 Å². The molecular formula is C15H26N2O2. The lowest BCUT2D eigenvalue weighted by molar-refractivity contribution is -0.0738. The topological polar surface area (TPSA) is 47.3 Å². The molecule has 0 aromatic carbocycles. The molecule has 4 heteroatoms. The van der Waals surface area contributed by atoms with Crippen LogP contribution in [0.3, 0.4) is 0 Å². The van der Waals surface area contributed by atoms with Gasteiger partial charge in [0.1, 0.15) is 5.76 Å². The van der Waals surface area contributed by atoms with Crippen molar-refractivity contribution in [2.24, 2.45) is 0 Å². The standard InChI is InChI=1S/C15H26N2O2/c1-14(2,3)17-9-6-13-16-11-12(19-13)10-15(18-4)7-5-8-15/h11,17H,5-10H2,1-4H3. The van der Waals surface area contributed by atoms with E-state index in [4.69, 9.17) is 9.15 Å². The first kappa shape index (κ1) is 14.5. The molecule has 1 aromatic rings. The van der Waals surface area contributed by atoms with Crippen LogP contribution in [0.25, 0.3) is 0 Å². The first-order valence-corrected chi connectivity index (χ1v) is 7.16. The minimum atomic E-state index is 0.0143. The molecule has 19 heavy (non-hydrogen) atoms. The Morgan fingerprint density at radius 1 is 1.42 bits per heavy atom. The molecule has 1 aliphatic rings. The molecule has 0 radical (unpaired) electrons. The summed E-state index contributed by atoms with van der Waals surface area (Å²) in [5.41, 5.74) is 0.155. The lowest BCUT2D eigenvalue weighted by Crippen LogP contribution is -2.41. The molecule has 1 fully saturated rings. The van der Waals surface area contributed by atoms with E-state index in [0.717, 1.165) is 43.9 Å². The quantitative estimate of drug-likeness (QED) is 0.860. The van der Waals surface area contributed by atoms with E-state index in [-0.39, 0.29) is 11.1 Å². The summed E-state index contributed by atoms with van der Waals surface area (Å²) in [6.07, 6.45) is 7.05. The third-order valence-corrected chi connectivity index (χ3v) is 3.79. The molecule has 4 nitrogen and oxygen atoms in total. The highest BCUT2D eigenvalue weighted by Gasteiger charge is 2.38. The maximum atomic E-state index is 5.80. The third kappa shape index (κ3) is 4.05. The molecule has 1 heterocycles. The fourth-order valence-corrected chi connectivity index (χ4v) is 2.43. The smallest absolute Gasteiger partial charge is 0.195 e. The number of methoxy groups -OCH3 is 1. The van der Waals surface area contributed by atoms with Crippen LogP contribution in [0.2, 0.25) is 0 Å². The summed E-state index contributed by atoms with van der Waals surface area (Å²) in [6.45, 7) is 7.37. The monoisotopic (exact) mass is 266 g/mol. The number of aromatic nitrogens is 1. The van der Waals surface area contributed by atoms with Crippen molar-refractivity contribution in [2.45, 2.75) is 64.0 Å². The summed E-state index contributed by atoms with van der Waals surface area (Å²) in [7, 11) is 1.80. The minimum Gasteiger partial charge on any atom is -0.446 e. The molecule has 1 aromatic heterocycles. The normalized spacial score (nSPS) is 18.3. The molecule has 0 amide bonds. The van der Waals surface area contributed by atoms with Crippen LogP contribution >= 0.6 is 0 Å². The van der Waals surface area contributed by atoms with E-state index in [2.05, 4.69) is 31.1 Å². The predicted octanol–water partition coefficient (Wildman–Crippen LogP) is 2.72. The first-order valence-electron chi connectivity index (χ1n) is 7.16. The van der Waals surface area contributed by atoms with E-state index >= 15 is 0 Å². The Morgan fingerprint density at radius 2 is 2.16 bits per heavy atom. The second kappa shape index (κ2) is 5.63. The summed E-state index contributed by atoms with van der Waals surface area (Å²) in [4.78, 5) is 4.35. The van der Waals surface area contributed by atoms with E-state index in [0.29, 0.717) is 0 Å². The number of oxazole rings is 1. The predicted molar refractivity (Wildman–Crippen MR) is 75.3 cm³/mol. The molecule has 0 atom stereocenters. The summed E-state index contributed by atoms with van der Waals surface area (Å²) in [6, 6.07) is 0. The number of ether oxygens (including phenoxy) is 1. The molecule has 108 valence electrons. The van der Waals surface area contributed by atoms with E-state index in [1.165, 1.54) is 6.42 Å². The van der Waals surface area contributed by atoms with Crippen molar-refractivity contribution in [1.82, 2.24) is 10.3 Å². The van der Waals surface area contributed by atoms with Gasteiger partial charge in [0.2, 0.25) is 0 Å². The van der Waals surface area contributed by atoms with Gasteiger partial charge in [-0.3, -0.25) is 0 Å². The molecule has 0 saturated heterocycles. The van der Waals surface area contributed by atoms with Gasteiger partial charge in [0, 0.05) is 32.0 Å². The maximum Gasteiger partial charge on any atom is 0.195 e. The zero-order valence-electron chi connectivity index (χ0n) is 12.6. The van der Waals surface area contributed by atoms with Gasteiger partial charge in [-0.25, -0.2) is 4.98 Å². The summed E-state index contributed by atoms with van der Waals surface area (Å²) in [5, 5.41) is 3.44. The van der Waals surface area contributed by atoms with Crippen molar-refractivity contribution in [2.75, 3.05) is 13.7 Å². The molecule has 0 spiro atoms. The van der Waals surface area contributed by atoms with Gasteiger partial charge in [-0.15, -0.1) is 0 Å². The number of nitrogens with one attached hydrogen (secondary N) is 1. The third-order valence-electron chi connectivity index (χ3n) is 3.79. The highest BCUT2D eigenvalue weighted by Crippen LogP contribution is 2.37. The van der Waals surface area contributed by atoms with E-state index in [9.17, 15) is 0 Å². The van der Waals surface area contributed by atoms with Crippen LogP contribution in [-0.2, 0) is 17.6 Å². The molecule has 1 saturated carbocycles. The van der Waals surface area contributed by atoms with Crippen molar-refractivity contribution >= 4 is 0 Å². The van der Waals surface area contributed by atoms with Crippen LogP contribution in [0.1, 0.15) is 51.7 Å². The maximum absolute atomic E-state index is 5.80. The van der Waals surface area contributed by atoms with Crippen molar-refractivity contribution in [1.29, 1.82) is 0 Å². The van der Waals surface area contributed by atoms with Gasteiger partial charge >= 0.3 is 0 Å². The van der Waals surface area contributed by atoms with Crippen LogP contribution in [0.4, 0.5) is 0 Å².